The Balaban J connectivity index is 2.36. The molecular formula is C17H16BrF3N2O. The van der Waals surface area contributed by atoms with Gasteiger partial charge >= 0.3 is 6.18 Å². The van der Waals surface area contributed by atoms with E-state index < -0.39 is 17.3 Å². The third kappa shape index (κ3) is 4.80. The summed E-state index contributed by atoms with van der Waals surface area (Å²) in [5.74, 6) is -0.279. The predicted octanol–water partition coefficient (Wildman–Crippen LogP) is 5.06. The normalized spacial score (nSPS) is 12.1. The molecule has 0 atom stereocenters. The molecule has 1 N–H and O–H groups in total. The molecule has 128 valence electrons. The van der Waals surface area contributed by atoms with Gasteiger partial charge in [0.15, 0.2) is 0 Å². The number of hydrogen-bond acceptors (Lipinski definition) is 2. The minimum absolute atomic E-state index is 0.279. The smallest absolute Gasteiger partial charge is 0.347 e. The van der Waals surface area contributed by atoms with Crippen molar-refractivity contribution in [3.05, 3.63) is 52.1 Å². The standard InChI is InChI=1S/C17H16BrF3N2O/c1-16(2,3)23-15(24)11-8-13(22-14(18)9-11)10-4-6-12(7-5-10)17(19,20)21/h4-9H,1-3H3,(H,23,24). The molecule has 2 rings (SSSR count). The van der Waals surface area contributed by atoms with Crippen LogP contribution in [0, 0.1) is 0 Å². The second kappa shape index (κ2) is 6.55. The Bertz CT molecular complexity index is 750. The maximum atomic E-state index is 12.6. The van der Waals surface area contributed by atoms with Gasteiger partial charge in [0.25, 0.3) is 5.91 Å². The van der Waals surface area contributed by atoms with E-state index in [1.54, 1.807) is 12.1 Å². The number of pyridine rings is 1. The number of aromatic nitrogens is 1. The number of halogens is 4. The highest BCUT2D eigenvalue weighted by molar-refractivity contribution is 9.10. The molecule has 24 heavy (non-hydrogen) atoms. The van der Waals surface area contributed by atoms with Gasteiger partial charge in [0.2, 0.25) is 0 Å². The minimum atomic E-state index is -4.39. The lowest BCUT2D eigenvalue weighted by atomic mass is 10.1. The first kappa shape index (κ1) is 18.4. The van der Waals surface area contributed by atoms with Crippen LogP contribution in [0.25, 0.3) is 11.3 Å². The van der Waals surface area contributed by atoms with Crippen LogP contribution < -0.4 is 5.32 Å². The molecule has 1 aromatic heterocycles. The number of hydrogen-bond donors (Lipinski definition) is 1. The zero-order valence-electron chi connectivity index (χ0n) is 13.3. The summed E-state index contributed by atoms with van der Waals surface area (Å²) in [5, 5.41) is 2.83. The van der Waals surface area contributed by atoms with Crippen molar-refractivity contribution >= 4 is 21.8 Å². The number of amides is 1. The van der Waals surface area contributed by atoms with Crippen molar-refractivity contribution in [3.8, 4) is 11.3 Å². The van der Waals surface area contributed by atoms with Crippen molar-refractivity contribution in [3.63, 3.8) is 0 Å². The van der Waals surface area contributed by atoms with Gasteiger partial charge in [0, 0.05) is 16.7 Å². The van der Waals surface area contributed by atoms with Gasteiger partial charge < -0.3 is 5.32 Å². The molecule has 1 aromatic carbocycles. The Morgan fingerprint density at radius 1 is 1.08 bits per heavy atom. The van der Waals surface area contributed by atoms with Crippen LogP contribution in [0.3, 0.4) is 0 Å². The molecule has 0 saturated heterocycles. The van der Waals surface area contributed by atoms with Crippen molar-refractivity contribution in [2.75, 3.05) is 0 Å². The molecule has 1 amide bonds. The van der Waals surface area contributed by atoms with Gasteiger partial charge in [-0.1, -0.05) is 12.1 Å². The van der Waals surface area contributed by atoms with E-state index in [0.29, 0.717) is 21.4 Å². The Kier molecular flexibility index (Phi) is 5.03. The van der Waals surface area contributed by atoms with Crippen LogP contribution >= 0.6 is 15.9 Å². The lowest BCUT2D eigenvalue weighted by Gasteiger charge is -2.20. The highest BCUT2D eigenvalue weighted by atomic mass is 79.9. The van der Waals surface area contributed by atoms with Gasteiger partial charge in [0.05, 0.1) is 11.3 Å². The van der Waals surface area contributed by atoms with Gasteiger partial charge in [-0.3, -0.25) is 4.79 Å². The molecule has 0 aliphatic rings. The van der Waals surface area contributed by atoms with Crippen LogP contribution in [0.4, 0.5) is 13.2 Å². The van der Waals surface area contributed by atoms with Crippen LogP contribution in [-0.2, 0) is 6.18 Å². The van der Waals surface area contributed by atoms with Gasteiger partial charge in [-0.2, -0.15) is 13.2 Å². The molecule has 2 aromatic rings. The summed E-state index contributed by atoms with van der Waals surface area (Å²) in [7, 11) is 0. The van der Waals surface area contributed by atoms with Crippen LogP contribution in [0.15, 0.2) is 41.0 Å². The van der Waals surface area contributed by atoms with E-state index in [4.69, 9.17) is 0 Å². The van der Waals surface area contributed by atoms with E-state index >= 15 is 0 Å². The molecule has 0 aliphatic heterocycles. The summed E-state index contributed by atoms with van der Waals surface area (Å²) in [6.07, 6.45) is -4.39. The summed E-state index contributed by atoms with van der Waals surface area (Å²) in [6.45, 7) is 5.58. The van der Waals surface area contributed by atoms with Crippen molar-refractivity contribution < 1.29 is 18.0 Å². The fraction of sp³-hybridized carbons (Fsp3) is 0.294. The Morgan fingerprint density at radius 3 is 2.17 bits per heavy atom. The fourth-order valence-corrected chi connectivity index (χ4v) is 2.46. The Labute approximate surface area is 146 Å². The lowest BCUT2D eigenvalue weighted by Crippen LogP contribution is -2.40. The van der Waals surface area contributed by atoms with Crippen molar-refractivity contribution in [2.24, 2.45) is 0 Å². The van der Waals surface area contributed by atoms with Crippen molar-refractivity contribution in [1.29, 1.82) is 0 Å². The Hall–Kier alpha value is -1.89. The number of nitrogens with one attached hydrogen (secondary N) is 1. The number of carbonyl (C=O) groups is 1. The molecule has 0 fully saturated rings. The van der Waals surface area contributed by atoms with E-state index in [-0.39, 0.29) is 5.91 Å². The molecular weight excluding hydrogens is 385 g/mol. The van der Waals surface area contributed by atoms with E-state index in [0.717, 1.165) is 12.1 Å². The van der Waals surface area contributed by atoms with Gasteiger partial charge in [-0.25, -0.2) is 4.98 Å². The molecule has 0 aliphatic carbocycles. The van der Waals surface area contributed by atoms with E-state index in [9.17, 15) is 18.0 Å². The van der Waals surface area contributed by atoms with Crippen molar-refractivity contribution in [1.82, 2.24) is 10.3 Å². The monoisotopic (exact) mass is 400 g/mol. The number of alkyl halides is 3. The SMILES string of the molecule is CC(C)(C)NC(=O)c1cc(Br)nc(-c2ccc(C(F)(F)F)cc2)c1. The maximum absolute atomic E-state index is 12.6. The van der Waals surface area contributed by atoms with Crippen LogP contribution in [0.1, 0.15) is 36.7 Å². The molecule has 1 heterocycles. The lowest BCUT2D eigenvalue weighted by molar-refractivity contribution is -0.137. The fourth-order valence-electron chi connectivity index (χ4n) is 2.02. The zero-order valence-corrected chi connectivity index (χ0v) is 14.9. The van der Waals surface area contributed by atoms with E-state index in [1.165, 1.54) is 12.1 Å². The number of rotatable bonds is 2. The van der Waals surface area contributed by atoms with E-state index in [1.807, 2.05) is 20.8 Å². The molecule has 0 saturated carbocycles. The maximum Gasteiger partial charge on any atom is 0.416 e. The summed E-state index contributed by atoms with van der Waals surface area (Å²) in [4.78, 5) is 16.5. The van der Waals surface area contributed by atoms with Gasteiger partial charge in [-0.05, 0) is 61.0 Å². The highest BCUT2D eigenvalue weighted by Gasteiger charge is 2.30. The summed E-state index contributed by atoms with van der Waals surface area (Å²) >= 11 is 3.23. The molecule has 0 radical (unpaired) electrons. The van der Waals surface area contributed by atoms with Crippen LogP contribution in [0.5, 0.6) is 0 Å². The van der Waals surface area contributed by atoms with Gasteiger partial charge in [-0.15, -0.1) is 0 Å². The Morgan fingerprint density at radius 2 is 1.67 bits per heavy atom. The van der Waals surface area contributed by atoms with E-state index in [2.05, 4.69) is 26.2 Å². The summed E-state index contributed by atoms with van der Waals surface area (Å²) < 4.78 is 38.3. The molecule has 3 nitrogen and oxygen atoms in total. The topological polar surface area (TPSA) is 42.0 Å². The third-order valence-electron chi connectivity index (χ3n) is 3.05. The molecule has 0 bridgehead atoms. The average molecular weight is 401 g/mol. The quantitative estimate of drug-likeness (QED) is 0.715. The minimum Gasteiger partial charge on any atom is -0.347 e. The molecule has 0 unspecified atom stereocenters. The first-order chi connectivity index (χ1) is 11.0. The highest BCUT2D eigenvalue weighted by Crippen LogP contribution is 2.31. The first-order valence-corrected chi connectivity index (χ1v) is 7.93. The number of carbonyl (C=O) groups excluding carboxylic acids is 1. The molecule has 0 spiro atoms. The first-order valence-electron chi connectivity index (χ1n) is 7.13. The van der Waals surface area contributed by atoms with Crippen LogP contribution in [0.2, 0.25) is 0 Å². The van der Waals surface area contributed by atoms with Crippen molar-refractivity contribution in [2.45, 2.75) is 32.5 Å². The third-order valence-corrected chi connectivity index (χ3v) is 3.46. The number of nitrogens with zero attached hydrogens (tertiary/aromatic N) is 1. The van der Waals surface area contributed by atoms with Gasteiger partial charge in [0.1, 0.15) is 4.60 Å². The summed E-state index contributed by atoms with van der Waals surface area (Å²) in [6, 6.07) is 7.77. The van der Waals surface area contributed by atoms with Crippen LogP contribution in [-0.4, -0.2) is 16.4 Å². The average Bonchev–Trinajstić information content (AvgIpc) is 2.44. The molecule has 7 heteroatoms. The zero-order chi connectivity index (χ0) is 18.1. The predicted molar refractivity (Wildman–Crippen MR) is 89.6 cm³/mol. The largest absolute Gasteiger partial charge is 0.416 e. The second-order valence-electron chi connectivity index (χ2n) is 6.34. The second-order valence-corrected chi connectivity index (χ2v) is 7.16. The summed E-state index contributed by atoms with van der Waals surface area (Å²) in [5.41, 5.74) is 0.154. The number of benzene rings is 1.